The molecule has 0 aliphatic rings. The first-order valence-corrected chi connectivity index (χ1v) is 7.38. The molecule has 1 rings (SSSR count). The third kappa shape index (κ3) is 3.96. The molecule has 1 N–H and O–H groups in total. The van der Waals surface area contributed by atoms with Gasteiger partial charge in [0.2, 0.25) is 5.82 Å². The van der Waals surface area contributed by atoms with E-state index in [1.165, 1.54) is 0 Å². The quantitative estimate of drug-likeness (QED) is 0.476. The Labute approximate surface area is 129 Å². The lowest BCUT2D eigenvalue weighted by molar-refractivity contribution is -0.387. The summed E-state index contributed by atoms with van der Waals surface area (Å²) >= 11 is 3.24. The number of halogens is 3. The number of rotatable bonds is 6. The van der Waals surface area contributed by atoms with E-state index >= 15 is 0 Å². The second kappa shape index (κ2) is 6.93. The summed E-state index contributed by atoms with van der Waals surface area (Å²) in [5.41, 5.74) is -2.52. The molecule has 0 radical (unpaired) electrons. The van der Waals surface area contributed by atoms with Gasteiger partial charge in [0.25, 0.3) is 5.91 Å². The number of hydrogen-bond donors (Lipinski definition) is 1. The van der Waals surface area contributed by atoms with Crippen molar-refractivity contribution in [3.05, 3.63) is 39.4 Å². The first-order chi connectivity index (χ1) is 9.75. The van der Waals surface area contributed by atoms with Crippen molar-refractivity contribution in [3.8, 4) is 0 Å². The van der Waals surface area contributed by atoms with Gasteiger partial charge in [-0.05, 0) is 25.8 Å². The fraction of sp³-hybridized carbons (Fsp3) is 0.462. The van der Waals surface area contributed by atoms with Gasteiger partial charge in [0.05, 0.1) is 4.92 Å². The van der Waals surface area contributed by atoms with Gasteiger partial charge in [0.15, 0.2) is 0 Å². The molecule has 116 valence electrons. The molecule has 0 heterocycles. The Morgan fingerprint density at radius 3 is 2.57 bits per heavy atom. The van der Waals surface area contributed by atoms with Crippen molar-refractivity contribution in [1.82, 2.24) is 5.32 Å². The minimum absolute atomic E-state index is 0.544. The summed E-state index contributed by atoms with van der Waals surface area (Å²) in [5.74, 6) is -3.60. The number of carbonyl (C=O) groups is 1. The van der Waals surface area contributed by atoms with E-state index in [4.69, 9.17) is 0 Å². The van der Waals surface area contributed by atoms with Gasteiger partial charge in [0, 0.05) is 16.9 Å². The zero-order valence-corrected chi connectivity index (χ0v) is 13.2. The van der Waals surface area contributed by atoms with E-state index in [1.807, 2.05) is 6.92 Å². The van der Waals surface area contributed by atoms with Crippen LogP contribution in [0.2, 0.25) is 0 Å². The van der Waals surface area contributed by atoms with E-state index in [-0.39, 0.29) is 0 Å². The average Bonchev–Trinajstić information content (AvgIpc) is 2.38. The minimum atomic E-state index is -1.46. The molecule has 0 bridgehead atoms. The highest BCUT2D eigenvalue weighted by Gasteiger charge is 2.30. The Morgan fingerprint density at radius 2 is 2.10 bits per heavy atom. The summed E-state index contributed by atoms with van der Waals surface area (Å²) in [5, 5.41) is 13.8. The Kier molecular flexibility index (Phi) is 5.77. The maximum Gasteiger partial charge on any atom is 0.305 e. The fourth-order valence-corrected chi connectivity index (χ4v) is 2.64. The lowest BCUT2D eigenvalue weighted by atomic mass is 9.95. The molecule has 0 saturated heterocycles. The number of nitrogens with zero attached hydrogens (tertiary/aromatic N) is 1. The van der Waals surface area contributed by atoms with Crippen LogP contribution < -0.4 is 5.32 Å². The molecule has 1 aromatic carbocycles. The van der Waals surface area contributed by atoms with Crippen molar-refractivity contribution in [1.29, 1.82) is 0 Å². The molecule has 21 heavy (non-hydrogen) atoms. The topological polar surface area (TPSA) is 72.2 Å². The van der Waals surface area contributed by atoms with Crippen LogP contribution >= 0.6 is 15.9 Å². The molecule has 0 spiro atoms. The number of hydrogen-bond acceptors (Lipinski definition) is 3. The number of benzene rings is 1. The molecule has 5 nitrogen and oxygen atoms in total. The molecule has 8 heteroatoms. The van der Waals surface area contributed by atoms with E-state index in [0.717, 1.165) is 0 Å². The van der Waals surface area contributed by atoms with Crippen molar-refractivity contribution in [3.63, 3.8) is 0 Å². The minimum Gasteiger partial charge on any atom is -0.347 e. The monoisotopic (exact) mass is 364 g/mol. The van der Waals surface area contributed by atoms with Crippen LogP contribution in [0.5, 0.6) is 0 Å². The van der Waals surface area contributed by atoms with Crippen LogP contribution in [0, 0.1) is 21.7 Å². The molecule has 1 aromatic rings. The first kappa shape index (κ1) is 17.5. The largest absolute Gasteiger partial charge is 0.347 e. The zero-order valence-electron chi connectivity index (χ0n) is 11.6. The van der Waals surface area contributed by atoms with Crippen LogP contribution in [0.3, 0.4) is 0 Å². The van der Waals surface area contributed by atoms with E-state index < -0.39 is 39.3 Å². The van der Waals surface area contributed by atoms with Gasteiger partial charge in [-0.25, -0.2) is 4.39 Å². The Bertz CT molecular complexity index is 569. The molecule has 0 aliphatic heterocycles. The smallest absolute Gasteiger partial charge is 0.305 e. The number of nitro groups is 1. The summed E-state index contributed by atoms with van der Waals surface area (Å²) < 4.78 is 27.6. The first-order valence-electron chi connectivity index (χ1n) is 6.26. The highest BCUT2D eigenvalue weighted by Crippen LogP contribution is 2.24. The van der Waals surface area contributed by atoms with Gasteiger partial charge in [-0.3, -0.25) is 14.9 Å². The van der Waals surface area contributed by atoms with Gasteiger partial charge >= 0.3 is 5.69 Å². The molecule has 1 atom stereocenters. The van der Waals surface area contributed by atoms with E-state index in [0.29, 0.717) is 30.3 Å². The van der Waals surface area contributed by atoms with Crippen LogP contribution in [0.25, 0.3) is 0 Å². The van der Waals surface area contributed by atoms with Crippen LogP contribution in [-0.4, -0.2) is 21.7 Å². The van der Waals surface area contributed by atoms with Crippen molar-refractivity contribution >= 4 is 27.5 Å². The third-order valence-electron chi connectivity index (χ3n) is 3.34. The maximum atomic E-state index is 13.9. The number of nitrogens with one attached hydrogen (secondary N) is 1. The zero-order chi connectivity index (χ0) is 16.2. The summed E-state index contributed by atoms with van der Waals surface area (Å²) in [6.07, 6.45) is 1.09. The van der Waals surface area contributed by atoms with Crippen molar-refractivity contribution in [2.45, 2.75) is 32.2 Å². The Balaban J connectivity index is 3.18. The molecule has 0 saturated carbocycles. The molecule has 1 unspecified atom stereocenters. The van der Waals surface area contributed by atoms with Crippen molar-refractivity contribution in [2.75, 3.05) is 5.33 Å². The SMILES string of the molecule is CCC(C)(CCBr)NC(=O)c1c(F)ccc([N+](=O)[O-])c1F. The third-order valence-corrected chi connectivity index (χ3v) is 3.73. The summed E-state index contributed by atoms with van der Waals surface area (Å²) in [7, 11) is 0. The van der Waals surface area contributed by atoms with Crippen molar-refractivity contribution < 1.29 is 18.5 Å². The lowest BCUT2D eigenvalue weighted by Gasteiger charge is -2.29. The molecule has 0 aromatic heterocycles. The van der Waals surface area contributed by atoms with Crippen LogP contribution in [0.15, 0.2) is 12.1 Å². The van der Waals surface area contributed by atoms with E-state index in [2.05, 4.69) is 21.2 Å². The molecular formula is C13H15BrF2N2O3. The Hall–Kier alpha value is -1.57. The van der Waals surface area contributed by atoms with Gasteiger partial charge < -0.3 is 5.32 Å². The predicted octanol–water partition coefficient (Wildman–Crippen LogP) is 3.56. The molecule has 0 fully saturated rings. The summed E-state index contributed by atoms with van der Waals surface area (Å²) in [6.45, 7) is 3.56. The average molecular weight is 365 g/mol. The summed E-state index contributed by atoms with van der Waals surface area (Å²) in [6, 6.07) is 1.41. The second-order valence-electron chi connectivity index (χ2n) is 4.82. The fourth-order valence-electron chi connectivity index (χ4n) is 1.76. The maximum absolute atomic E-state index is 13.9. The van der Waals surface area contributed by atoms with Gasteiger partial charge in [-0.15, -0.1) is 0 Å². The van der Waals surface area contributed by atoms with E-state index in [9.17, 15) is 23.7 Å². The highest BCUT2D eigenvalue weighted by atomic mass is 79.9. The number of amides is 1. The Morgan fingerprint density at radius 1 is 1.48 bits per heavy atom. The predicted molar refractivity (Wildman–Crippen MR) is 77.6 cm³/mol. The van der Waals surface area contributed by atoms with Gasteiger partial charge in [0.1, 0.15) is 11.4 Å². The number of nitro benzene ring substituents is 1. The second-order valence-corrected chi connectivity index (χ2v) is 5.61. The molecular weight excluding hydrogens is 350 g/mol. The number of alkyl halides is 1. The van der Waals surface area contributed by atoms with E-state index in [1.54, 1.807) is 6.92 Å². The normalized spacial score (nSPS) is 13.6. The van der Waals surface area contributed by atoms with Crippen molar-refractivity contribution in [2.24, 2.45) is 0 Å². The van der Waals surface area contributed by atoms with Gasteiger partial charge in [-0.2, -0.15) is 4.39 Å². The standard InChI is InChI=1S/C13H15BrF2N2O3/c1-3-13(2,6-7-14)17-12(19)10-8(15)4-5-9(11(10)16)18(20)21/h4-5H,3,6-7H2,1-2H3,(H,17,19). The van der Waals surface area contributed by atoms with Crippen LogP contribution in [0.4, 0.5) is 14.5 Å². The van der Waals surface area contributed by atoms with Crippen LogP contribution in [-0.2, 0) is 0 Å². The van der Waals surface area contributed by atoms with Crippen LogP contribution in [0.1, 0.15) is 37.0 Å². The molecule has 0 aliphatic carbocycles. The number of carbonyl (C=O) groups excluding carboxylic acids is 1. The summed E-state index contributed by atoms with van der Waals surface area (Å²) in [4.78, 5) is 21.7. The lowest BCUT2D eigenvalue weighted by Crippen LogP contribution is -2.46. The molecule has 1 amide bonds. The highest BCUT2D eigenvalue weighted by molar-refractivity contribution is 9.09. The van der Waals surface area contributed by atoms with Gasteiger partial charge in [-0.1, -0.05) is 22.9 Å².